The van der Waals surface area contributed by atoms with Crippen LogP contribution < -0.4 is 20.3 Å². The Morgan fingerprint density at radius 2 is 1.77 bits per heavy atom. The van der Waals surface area contributed by atoms with Crippen molar-refractivity contribution in [2.24, 2.45) is 0 Å². The predicted octanol–water partition coefficient (Wildman–Crippen LogP) is 2.28. The first-order valence-electron chi connectivity index (χ1n) is 9.69. The van der Waals surface area contributed by atoms with Crippen molar-refractivity contribution in [1.29, 1.82) is 0 Å². The van der Waals surface area contributed by atoms with Crippen LogP contribution in [0.5, 0.6) is 11.5 Å². The highest BCUT2D eigenvalue weighted by atomic mass is 19.1. The first-order valence-corrected chi connectivity index (χ1v) is 9.69. The normalized spacial score (nSPS) is 10.5. The fourth-order valence-corrected chi connectivity index (χ4v) is 2.96. The molecule has 2 aromatic carbocycles. The van der Waals surface area contributed by atoms with Crippen molar-refractivity contribution in [2.75, 3.05) is 20.8 Å². The summed E-state index contributed by atoms with van der Waals surface area (Å²) in [5.41, 5.74) is 1.29. The molecule has 31 heavy (non-hydrogen) atoms. The summed E-state index contributed by atoms with van der Waals surface area (Å²) in [5, 5.41) is 10.7. The van der Waals surface area contributed by atoms with Gasteiger partial charge < -0.3 is 19.8 Å². The maximum atomic E-state index is 13.0. The van der Waals surface area contributed by atoms with Gasteiger partial charge in [-0.1, -0.05) is 6.07 Å². The molecule has 3 rings (SSSR count). The molecule has 0 unspecified atom stereocenters. The maximum absolute atomic E-state index is 13.0. The molecule has 2 N–H and O–H groups in total. The quantitative estimate of drug-likeness (QED) is 0.544. The van der Waals surface area contributed by atoms with Gasteiger partial charge in [0.2, 0.25) is 5.91 Å². The maximum Gasteiger partial charge on any atom is 0.273 e. The molecule has 0 aliphatic carbocycles. The molecule has 162 valence electrons. The van der Waals surface area contributed by atoms with Crippen LogP contribution in [0.1, 0.15) is 17.7 Å². The van der Waals surface area contributed by atoms with Crippen molar-refractivity contribution < 1.29 is 18.7 Å². The number of aromatic nitrogens is 3. The molecule has 3 aromatic rings. The van der Waals surface area contributed by atoms with Crippen molar-refractivity contribution in [1.82, 2.24) is 20.5 Å². The fraction of sp³-hybridized carbons (Fsp3) is 0.273. The molecule has 1 heterocycles. The number of aryl methyl sites for hydroxylation is 1. The zero-order chi connectivity index (χ0) is 22.2. The van der Waals surface area contributed by atoms with E-state index < -0.39 is 5.56 Å². The van der Waals surface area contributed by atoms with E-state index in [9.17, 15) is 14.0 Å². The van der Waals surface area contributed by atoms with E-state index in [1.165, 1.54) is 24.3 Å². The molecule has 0 atom stereocenters. The zero-order valence-corrected chi connectivity index (χ0v) is 17.3. The molecule has 0 radical (unpaired) electrons. The smallest absolute Gasteiger partial charge is 0.273 e. The first-order chi connectivity index (χ1) is 15.0. The van der Waals surface area contributed by atoms with E-state index in [1.807, 2.05) is 18.2 Å². The number of ether oxygens (including phenoxy) is 2. The number of carbonyl (C=O) groups is 1. The van der Waals surface area contributed by atoms with E-state index >= 15 is 0 Å². The van der Waals surface area contributed by atoms with Crippen molar-refractivity contribution >= 4 is 5.91 Å². The van der Waals surface area contributed by atoms with E-state index in [2.05, 4.69) is 20.5 Å². The van der Waals surface area contributed by atoms with Gasteiger partial charge in [-0.3, -0.25) is 9.59 Å². The topological polar surface area (TPSA) is 106 Å². The lowest BCUT2D eigenvalue weighted by Crippen LogP contribution is -2.27. The SMILES string of the molecule is COc1ccc(CCNC(=O)CCc2nnc(-c3ccc(F)cc3)[nH]c2=O)cc1OC. The van der Waals surface area contributed by atoms with E-state index in [4.69, 9.17) is 9.47 Å². The summed E-state index contributed by atoms with van der Waals surface area (Å²) in [6, 6.07) is 11.1. The van der Waals surface area contributed by atoms with Gasteiger partial charge in [0.25, 0.3) is 5.56 Å². The van der Waals surface area contributed by atoms with Gasteiger partial charge in [0.15, 0.2) is 17.3 Å². The molecular weight excluding hydrogens is 403 g/mol. The Bertz CT molecular complexity index is 1100. The number of hydrogen-bond donors (Lipinski definition) is 2. The number of halogens is 1. The van der Waals surface area contributed by atoms with Gasteiger partial charge in [-0.2, -0.15) is 0 Å². The third-order valence-corrected chi connectivity index (χ3v) is 4.66. The Kier molecular flexibility index (Phi) is 7.31. The largest absolute Gasteiger partial charge is 0.493 e. The summed E-state index contributed by atoms with van der Waals surface area (Å²) in [4.78, 5) is 26.9. The highest BCUT2D eigenvalue weighted by Crippen LogP contribution is 2.27. The summed E-state index contributed by atoms with van der Waals surface area (Å²) in [6.45, 7) is 0.444. The van der Waals surface area contributed by atoms with Gasteiger partial charge in [0.05, 0.1) is 14.2 Å². The van der Waals surface area contributed by atoms with E-state index in [0.29, 0.717) is 30.0 Å². The number of H-pyrrole nitrogens is 1. The van der Waals surface area contributed by atoms with Crippen LogP contribution in [-0.4, -0.2) is 41.9 Å². The molecule has 0 saturated carbocycles. The van der Waals surface area contributed by atoms with Crippen molar-refractivity contribution in [3.63, 3.8) is 0 Å². The second-order valence-corrected chi connectivity index (χ2v) is 6.75. The van der Waals surface area contributed by atoms with Crippen LogP contribution in [0.15, 0.2) is 47.3 Å². The second kappa shape index (κ2) is 10.3. The number of rotatable bonds is 9. The molecule has 0 saturated heterocycles. The van der Waals surface area contributed by atoms with Crippen LogP contribution in [0, 0.1) is 5.82 Å². The van der Waals surface area contributed by atoms with Gasteiger partial charge >= 0.3 is 0 Å². The monoisotopic (exact) mass is 426 g/mol. The Labute approximate surface area is 178 Å². The van der Waals surface area contributed by atoms with Gasteiger partial charge in [-0.15, -0.1) is 10.2 Å². The molecule has 1 aromatic heterocycles. The lowest BCUT2D eigenvalue weighted by atomic mass is 10.1. The van der Waals surface area contributed by atoms with Crippen LogP contribution in [0.2, 0.25) is 0 Å². The minimum absolute atomic E-state index is 0.111. The average molecular weight is 426 g/mol. The van der Waals surface area contributed by atoms with Crippen LogP contribution in [0.25, 0.3) is 11.4 Å². The summed E-state index contributed by atoms with van der Waals surface area (Å²) >= 11 is 0. The molecule has 0 spiro atoms. The van der Waals surface area contributed by atoms with E-state index in [-0.39, 0.29) is 36.1 Å². The fourth-order valence-electron chi connectivity index (χ4n) is 2.96. The minimum Gasteiger partial charge on any atom is -0.493 e. The minimum atomic E-state index is -0.424. The van der Waals surface area contributed by atoms with Crippen molar-refractivity contribution in [3.05, 3.63) is 69.9 Å². The number of nitrogens with one attached hydrogen (secondary N) is 2. The number of benzene rings is 2. The number of aromatic amines is 1. The summed E-state index contributed by atoms with van der Waals surface area (Å²) in [6.07, 6.45) is 0.895. The van der Waals surface area contributed by atoms with E-state index in [1.54, 1.807) is 14.2 Å². The molecule has 0 aliphatic heterocycles. The molecule has 0 bridgehead atoms. The average Bonchev–Trinajstić information content (AvgIpc) is 2.78. The Hall–Kier alpha value is -3.75. The predicted molar refractivity (Wildman–Crippen MR) is 113 cm³/mol. The summed E-state index contributed by atoms with van der Waals surface area (Å²) in [5.74, 6) is 0.950. The van der Waals surface area contributed by atoms with Gasteiger partial charge in [-0.05, 0) is 48.4 Å². The van der Waals surface area contributed by atoms with Crippen LogP contribution in [0.3, 0.4) is 0 Å². The van der Waals surface area contributed by atoms with E-state index in [0.717, 1.165) is 5.56 Å². The lowest BCUT2D eigenvalue weighted by Gasteiger charge is -2.10. The highest BCUT2D eigenvalue weighted by molar-refractivity contribution is 5.76. The third-order valence-electron chi connectivity index (χ3n) is 4.66. The number of hydrogen-bond acceptors (Lipinski definition) is 6. The zero-order valence-electron chi connectivity index (χ0n) is 17.3. The number of methoxy groups -OCH3 is 2. The molecule has 0 fully saturated rings. The Balaban J connectivity index is 1.49. The Morgan fingerprint density at radius 1 is 1.03 bits per heavy atom. The third kappa shape index (κ3) is 5.88. The number of nitrogens with zero attached hydrogens (tertiary/aromatic N) is 2. The Morgan fingerprint density at radius 3 is 2.45 bits per heavy atom. The summed E-state index contributed by atoms with van der Waals surface area (Å²) in [7, 11) is 3.14. The first kappa shape index (κ1) is 21.9. The van der Waals surface area contributed by atoms with Gasteiger partial charge in [-0.25, -0.2) is 4.39 Å². The van der Waals surface area contributed by atoms with Gasteiger partial charge in [0, 0.05) is 24.9 Å². The summed E-state index contributed by atoms with van der Waals surface area (Å²) < 4.78 is 23.5. The number of amides is 1. The second-order valence-electron chi connectivity index (χ2n) is 6.75. The van der Waals surface area contributed by atoms with Crippen LogP contribution in [0.4, 0.5) is 4.39 Å². The molecule has 9 heteroatoms. The van der Waals surface area contributed by atoms with Crippen molar-refractivity contribution in [2.45, 2.75) is 19.3 Å². The lowest BCUT2D eigenvalue weighted by molar-refractivity contribution is -0.121. The number of carbonyl (C=O) groups excluding carboxylic acids is 1. The molecule has 8 nitrogen and oxygen atoms in total. The molecule has 0 aliphatic rings. The van der Waals surface area contributed by atoms with Crippen molar-refractivity contribution in [3.8, 4) is 22.9 Å². The van der Waals surface area contributed by atoms with Gasteiger partial charge in [0.1, 0.15) is 11.5 Å². The van der Waals surface area contributed by atoms with Crippen LogP contribution >= 0.6 is 0 Å². The highest BCUT2D eigenvalue weighted by Gasteiger charge is 2.10. The standard InChI is InChI=1S/C22H23FN4O4/c1-30-18-9-3-14(13-19(18)31-2)11-12-24-20(28)10-8-17-22(29)25-21(27-26-17)15-4-6-16(23)7-5-15/h3-7,9,13H,8,10-12H2,1-2H3,(H,24,28)(H,25,27,29). The molecular formula is C22H23FN4O4. The van der Waals surface area contributed by atoms with Crippen LogP contribution in [-0.2, 0) is 17.6 Å². The molecule has 1 amide bonds.